The maximum Gasteiger partial charge on any atom is 0.274 e. The first-order valence-electron chi connectivity index (χ1n) is 3.29. The molecule has 0 radical (unpaired) electrons. The van der Waals surface area contributed by atoms with Crippen molar-refractivity contribution in [1.82, 2.24) is 4.72 Å². The minimum absolute atomic E-state index is 0.00926. The van der Waals surface area contributed by atoms with E-state index in [1.54, 1.807) is 0 Å². The molecule has 0 aromatic carbocycles. The van der Waals surface area contributed by atoms with E-state index >= 15 is 0 Å². The first-order valence-corrected chi connectivity index (χ1v) is 4.84. The Morgan fingerprint density at radius 1 is 1.60 bits per heavy atom. The van der Waals surface area contributed by atoms with Crippen LogP contribution >= 0.6 is 0 Å². The van der Waals surface area contributed by atoms with Crippen LogP contribution in [0.5, 0.6) is 0 Å². The van der Waals surface area contributed by atoms with Gasteiger partial charge in [-0.05, 0) is 25.7 Å². The van der Waals surface area contributed by atoms with E-state index in [-0.39, 0.29) is 6.04 Å². The Hall–Kier alpha value is -0.130. The smallest absolute Gasteiger partial charge is 0.216 e. The van der Waals surface area contributed by atoms with Crippen LogP contribution in [0.1, 0.15) is 19.8 Å². The van der Waals surface area contributed by atoms with Crippen LogP contribution in [0.3, 0.4) is 0 Å². The summed E-state index contributed by atoms with van der Waals surface area (Å²) in [7, 11) is -3.48. The molecule has 1 rings (SSSR count). The van der Waals surface area contributed by atoms with Gasteiger partial charge in [0, 0.05) is 6.04 Å². The lowest BCUT2D eigenvalue weighted by Gasteiger charge is -2.08. The minimum atomic E-state index is -3.48. The molecule has 0 spiro atoms. The maximum absolute atomic E-state index is 10.4. The normalized spacial score (nSPS) is 22.6. The predicted molar refractivity (Wildman–Crippen MR) is 38.4 cm³/mol. The second-order valence-electron chi connectivity index (χ2n) is 2.79. The van der Waals surface area contributed by atoms with Gasteiger partial charge in [-0.15, -0.1) is 0 Å². The molecule has 3 N–H and O–H groups in total. The SMILES string of the molecule is CC(NS(N)(=O)=O)C1CC1. The molecule has 1 fully saturated rings. The Balaban J connectivity index is 2.37. The van der Waals surface area contributed by atoms with Crippen LogP contribution in [0.2, 0.25) is 0 Å². The number of rotatable bonds is 3. The molecule has 5 heteroatoms. The molecule has 0 aromatic rings. The molecule has 0 saturated heterocycles. The summed E-state index contributed by atoms with van der Waals surface area (Å²) in [6, 6.07) is 0.00926. The van der Waals surface area contributed by atoms with Crippen LogP contribution in [0, 0.1) is 5.92 Å². The molecule has 0 aromatic heterocycles. The van der Waals surface area contributed by atoms with Crippen LogP contribution in [0.15, 0.2) is 0 Å². The van der Waals surface area contributed by atoms with Crippen molar-refractivity contribution >= 4 is 10.2 Å². The molecule has 1 atom stereocenters. The van der Waals surface area contributed by atoms with Crippen molar-refractivity contribution in [2.75, 3.05) is 0 Å². The van der Waals surface area contributed by atoms with E-state index in [9.17, 15) is 8.42 Å². The van der Waals surface area contributed by atoms with Gasteiger partial charge in [-0.3, -0.25) is 0 Å². The zero-order chi connectivity index (χ0) is 7.78. The van der Waals surface area contributed by atoms with Crippen LogP contribution in [0.25, 0.3) is 0 Å². The second-order valence-corrected chi connectivity index (χ2v) is 4.11. The lowest BCUT2D eigenvalue weighted by molar-refractivity contribution is 0.539. The molecule has 0 amide bonds. The van der Waals surface area contributed by atoms with E-state index in [4.69, 9.17) is 5.14 Å². The van der Waals surface area contributed by atoms with Gasteiger partial charge in [0.15, 0.2) is 0 Å². The average Bonchev–Trinajstić information content (AvgIpc) is 2.35. The molecule has 1 aliphatic carbocycles. The number of hydrogen-bond acceptors (Lipinski definition) is 2. The third-order valence-electron chi connectivity index (χ3n) is 1.68. The van der Waals surface area contributed by atoms with Gasteiger partial charge in [0.2, 0.25) is 0 Å². The maximum atomic E-state index is 10.4. The van der Waals surface area contributed by atoms with Crippen molar-refractivity contribution in [2.24, 2.45) is 11.1 Å². The van der Waals surface area contributed by atoms with E-state index in [2.05, 4.69) is 4.72 Å². The molecule has 60 valence electrons. The summed E-state index contributed by atoms with van der Waals surface area (Å²) in [6.07, 6.45) is 2.23. The zero-order valence-electron chi connectivity index (χ0n) is 5.87. The minimum Gasteiger partial charge on any atom is -0.216 e. The average molecular weight is 164 g/mol. The van der Waals surface area contributed by atoms with Crippen molar-refractivity contribution < 1.29 is 8.42 Å². The topological polar surface area (TPSA) is 72.2 Å². The van der Waals surface area contributed by atoms with Crippen molar-refractivity contribution in [3.05, 3.63) is 0 Å². The first kappa shape index (κ1) is 7.97. The van der Waals surface area contributed by atoms with Gasteiger partial charge < -0.3 is 0 Å². The van der Waals surface area contributed by atoms with Crippen LogP contribution in [-0.4, -0.2) is 14.5 Å². The summed E-state index contributed by atoms with van der Waals surface area (Å²) >= 11 is 0. The molecule has 4 nitrogen and oxygen atoms in total. The second kappa shape index (κ2) is 2.48. The monoisotopic (exact) mass is 164 g/mol. The van der Waals surface area contributed by atoms with E-state index in [0.717, 1.165) is 12.8 Å². The van der Waals surface area contributed by atoms with E-state index in [1.165, 1.54) is 0 Å². The molecule has 0 heterocycles. The largest absolute Gasteiger partial charge is 0.274 e. The summed E-state index contributed by atoms with van der Waals surface area (Å²) < 4.78 is 23.2. The fraction of sp³-hybridized carbons (Fsp3) is 1.00. The zero-order valence-corrected chi connectivity index (χ0v) is 6.69. The molecular weight excluding hydrogens is 152 g/mol. The Morgan fingerprint density at radius 2 is 2.10 bits per heavy atom. The third-order valence-corrected chi connectivity index (χ3v) is 2.38. The Labute approximate surface area is 61.0 Å². The van der Waals surface area contributed by atoms with Gasteiger partial charge in [0.05, 0.1) is 0 Å². The summed E-state index contributed by atoms with van der Waals surface area (Å²) in [6.45, 7) is 1.84. The standard InChI is InChI=1S/C5H12N2O2S/c1-4(5-2-3-5)7-10(6,8)9/h4-5,7H,2-3H2,1H3,(H2,6,8,9). The van der Waals surface area contributed by atoms with Gasteiger partial charge in [-0.2, -0.15) is 13.1 Å². The Bertz CT molecular complexity index is 208. The van der Waals surface area contributed by atoms with Crippen molar-refractivity contribution in [3.8, 4) is 0 Å². The van der Waals surface area contributed by atoms with Crippen LogP contribution < -0.4 is 9.86 Å². The molecule has 0 bridgehead atoms. The van der Waals surface area contributed by atoms with Crippen molar-refractivity contribution in [3.63, 3.8) is 0 Å². The molecule has 1 unspecified atom stereocenters. The fourth-order valence-corrected chi connectivity index (χ4v) is 1.66. The van der Waals surface area contributed by atoms with E-state index < -0.39 is 10.2 Å². The summed E-state index contributed by atoms with van der Waals surface area (Å²) in [5.74, 6) is 0.512. The van der Waals surface area contributed by atoms with Crippen molar-refractivity contribution in [1.29, 1.82) is 0 Å². The van der Waals surface area contributed by atoms with Gasteiger partial charge in [0.1, 0.15) is 0 Å². The van der Waals surface area contributed by atoms with E-state index in [0.29, 0.717) is 5.92 Å². The Morgan fingerprint density at radius 3 is 2.40 bits per heavy atom. The molecule has 1 aliphatic rings. The number of nitrogens with one attached hydrogen (secondary N) is 1. The molecular formula is C5H12N2O2S. The third kappa shape index (κ3) is 2.64. The summed E-state index contributed by atoms with van der Waals surface area (Å²) in [5, 5.41) is 4.76. The summed E-state index contributed by atoms with van der Waals surface area (Å²) in [4.78, 5) is 0. The van der Waals surface area contributed by atoms with Gasteiger partial charge in [0.25, 0.3) is 10.2 Å². The highest BCUT2D eigenvalue weighted by atomic mass is 32.2. The molecule has 1 saturated carbocycles. The predicted octanol–water partition coefficient (Wildman–Crippen LogP) is -0.422. The first-order chi connectivity index (χ1) is 4.49. The lowest BCUT2D eigenvalue weighted by Crippen LogP contribution is -2.38. The molecule has 0 aliphatic heterocycles. The number of hydrogen-bond donors (Lipinski definition) is 2. The highest BCUT2D eigenvalue weighted by Gasteiger charge is 2.29. The highest BCUT2D eigenvalue weighted by molar-refractivity contribution is 7.87. The van der Waals surface area contributed by atoms with E-state index in [1.807, 2.05) is 6.92 Å². The quantitative estimate of drug-likeness (QED) is 0.594. The van der Waals surface area contributed by atoms with Gasteiger partial charge in [-0.1, -0.05) is 0 Å². The Kier molecular flexibility index (Phi) is 1.98. The number of nitrogens with two attached hydrogens (primary N) is 1. The van der Waals surface area contributed by atoms with Crippen LogP contribution in [0.4, 0.5) is 0 Å². The summed E-state index contributed by atoms with van der Waals surface area (Å²) in [5.41, 5.74) is 0. The van der Waals surface area contributed by atoms with Crippen LogP contribution in [-0.2, 0) is 10.2 Å². The highest BCUT2D eigenvalue weighted by Crippen LogP contribution is 2.32. The molecule has 10 heavy (non-hydrogen) atoms. The fourth-order valence-electron chi connectivity index (χ4n) is 0.952. The van der Waals surface area contributed by atoms with Crippen molar-refractivity contribution in [2.45, 2.75) is 25.8 Å². The lowest BCUT2D eigenvalue weighted by atomic mass is 10.2. The van der Waals surface area contributed by atoms with Gasteiger partial charge >= 0.3 is 0 Å². The van der Waals surface area contributed by atoms with Gasteiger partial charge in [-0.25, -0.2) is 5.14 Å².